The number of hydrogen-bond acceptors (Lipinski definition) is 4. The van der Waals surface area contributed by atoms with Crippen LogP contribution >= 0.6 is 0 Å². The SMILES string of the molecule is CCS(=O)(=O)Oc1cccc(CN(CC(C)C)C(=O)c2ccc(C(F)(F)F)cc2)c1. The molecule has 164 valence electrons. The van der Waals surface area contributed by atoms with Crippen molar-refractivity contribution in [2.24, 2.45) is 5.92 Å². The van der Waals surface area contributed by atoms with E-state index >= 15 is 0 Å². The van der Waals surface area contributed by atoms with E-state index in [9.17, 15) is 26.4 Å². The molecule has 0 unspecified atom stereocenters. The summed E-state index contributed by atoms with van der Waals surface area (Å²) in [6, 6.07) is 10.4. The van der Waals surface area contributed by atoms with Gasteiger partial charge in [-0.15, -0.1) is 0 Å². The highest BCUT2D eigenvalue weighted by Gasteiger charge is 2.30. The number of alkyl halides is 3. The third kappa shape index (κ3) is 6.76. The highest BCUT2D eigenvalue weighted by atomic mass is 32.2. The Morgan fingerprint density at radius 3 is 2.27 bits per heavy atom. The summed E-state index contributed by atoms with van der Waals surface area (Å²) in [6.45, 7) is 5.83. The first-order valence-electron chi connectivity index (χ1n) is 9.39. The molecule has 0 heterocycles. The van der Waals surface area contributed by atoms with Gasteiger partial charge in [0.2, 0.25) is 0 Å². The zero-order valence-corrected chi connectivity index (χ0v) is 17.8. The molecule has 0 aromatic heterocycles. The first-order chi connectivity index (χ1) is 13.9. The fourth-order valence-corrected chi connectivity index (χ4v) is 3.28. The molecule has 2 aromatic rings. The minimum Gasteiger partial charge on any atom is -0.382 e. The van der Waals surface area contributed by atoms with E-state index in [1.165, 1.54) is 24.0 Å². The number of carbonyl (C=O) groups excluding carboxylic acids is 1. The first-order valence-corrected chi connectivity index (χ1v) is 11.0. The topological polar surface area (TPSA) is 63.7 Å². The third-order valence-electron chi connectivity index (χ3n) is 4.18. The van der Waals surface area contributed by atoms with Gasteiger partial charge in [0, 0.05) is 18.7 Å². The molecule has 0 saturated heterocycles. The average Bonchev–Trinajstić information content (AvgIpc) is 2.66. The van der Waals surface area contributed by atoms with Gasteiger partial charge in [0.05, 0.1) is 11.3 Å². The van der Waals surface area contributed by atoms with Crippen LogP contribution in [0.5, 0.6) is 5.75 Å². The van der Waals surface area contributed by atoms with Crippen molar-refractivity contribution in [1.82, 2.24) is 4.90 Å². The van der Waals surface area contributed by atoms with Crippen molar-refractivity contribution in [2.75, 3.05) is 12.3 Å². The van der Waals surface area contributed by atoms with Crippen molar-refractivity contribution in [2.45, 2.75) is 33.5 Å². The van der Waals surface area contributed by atoms with Gasteiger partial charge in [-0.3, -0.25) is 4.79 Å². The maximum Gasteiger partial charge on any atom is 0.416 e. The van der Waals surface area contributed by atoms with E-state index in [2.05, 4.69) is 0 Å². The minimum absolute atomic E-state index is 0.114. The van der Waals surface area contributed by atoms with Gasteiger partial charge in [-0.25, -0.2) is 0 Å². The summed E-state index contributed by atoms with van der Waals surface area (Å²) < 4.78 is 66.7. The molecule has 9 heteroatoms. The number of hydrogen-bond donors (Lipinski definition) is 0. The van der Waals surface area contributed by atoms with Crippen LogP contribution in [-0.4, -0.2) is 31.5 Å². The normalized spacial score (nSPS) is 12.1. The van der Waals surface area contributed by atoms with Crippen LogP contribution < -0.4 is 4.18 Å². The molecule has 0 N–H and O–H groups in total. The van der Waals surface area contributed by atoms with Gasteiger partial charge >= 0.3 is 16.3 Å². The van der Waals surface area contributed by atoms with Crippen LogP contribution in [0.25, 0.3) is 0 Å². The standard InChI is InChI=1S/C21H24F3NO4S/c1-4-30(27,28)29-19-7-5-6-16(12-19)14-25(13-15(2)3)20(26)17-8-10-18(11-9-17)21(22,23)24/h5-12,15H,4,13-14H2,1-3H3. The summed E-state index contributed by atoms with van der Waals surface area (Å²) in [5, 5.41) is 0. The van der Waals surface area contributed by atoms with E-state index in [0.717, 1.165) is 24.3 Å². The van der Waals surface area contributed by atoms with Crippen LogP contribution in [0.1, 0.15) is 42.3 Å². The molecular weight excluding hydrogens is 419 g/mol. The van der Waals surface area contributed by atoms with Gasteiger partial charge in [-0.2, -0.15) is 21.6 Å². The second-order valence-electron chi connectivity index (χ2n) is 7.23. The van der Waals surface area contributed by atoms with E-state index in [-0.39, 0.29) is 29.5 Å². The Morgan fingerprint density at radius 2 is 1.73 bits per heavy atom. The number of nitrogens with zero attached hydrogens (tertiary/aromatic N) is 1. The Hall–Kier alpha value is -2.55. The fraction of sp³-hybridized carbons (Fsp3) is 0.381. The molecule has 5 nitrogen and oxygen atoms in total. The first kappa shape index (κ1) is 23.7. The molecule has 0 aliphatic carbocycles. The van der Waals surface area contributed by atoms with E-state index < -0.39 is 27.8 Å². The molecule has 1 amide bonds. The average molecular weight is 443 g/mol. The second-order valence-corrected chi connectivity index (χ2v) is 9.09. The number of carbonyl (C=O) groups is 1. The molecule has 0 spiro atoms. The van der Waals surface area contributed by atoms with Crippen LogP contribution in [0, 0.1) is 5.92 Å². The van der Waals surface area contributed by atoms with E-state index in [0.29, 0.717) is 12.1 Å². The lowest BCUT2D eigenvalue weighted by molar-refractivity contribution is -0.137. The Balaban J connectivity index is 2.25. The molecular formula is C21H24F3NO4S. The molecule has 0 radical (unpaired) electrons. The molecule has 0 bridgehead atoms. The Bertz CT molecular complexity index is 970. The Kier molecular flexibility index (Phi) is 7.52. The Labute approximate surface area is 174 Å². The smallest absolute Gasteiger partial charge is 0.382 e. The van der Waals surface area contributed by atoms with Crippen LogP contribution in [0.15, 0.2) is 48.5 Å². The van der Waals surface area contributed by atoms with Crippen molar-refractivity contribution in [3.8, 4) is 5.75 Å². The van der Waals surface area contributed by atoms with Gasteiger partial charge < -0.3 is 9.08 Å². The lowest BCUT2D eigenvalue weighted by Gasteiger charge is -2.25. The Morgan fingerprint density at radius 1 is 1.10 bits per heavy atom. The zero-order chi connectivity index (χ0) is 22.5. The molecule has 0 fully saturated rings. The van der Waals surface area contributed by atoms with Gasteiger partial charge in [-0.1, -0.05) is 26.0 Å². The maximum atomic E-state index is 12.9. The van der Waals surface area contributed by atoms with Crippen LogP contribution in [-0.2, 0) is 22.8 Å². The van der Waals surface area contributed by atoms with Gasteiger partial charge in [0.15, 0.2) is 0 Å². The van der Waals surface area contributed by atoms with E-state index in [1.54, 1.807) is 12.1 Å². The van der Waals surface area contributed by atoms with Crippen molar-refractivity contribution in [1.29, 1.82) is 0 Å². The summed E-state index contributed by atoms with van der Waals surface area (Å²) >= 11 is 0. The number of amides is 1. The van der Waals surface area contributed by atoms with Gasteiger partial charge in [-0.05, 0) is 54.8 Å². The summed E-state index contributed by atoms with van der Waals surface area (Å²) in [6.07, 6.45) is -4.47. The summed E-state index contributed by atoms with van der Waals surface area (Å²) in [4.78, 5) is 14.4. The minimum atomic E-state index is -4.47. The lowest BCUT2D eigenvalue weighted by atomic mass is 10.1. The molecule has 0 saturated carbocycles. The summed E-state index contributed by atoms with van der Waals surface area (Å²) in [5.74, 6) is -0.336. The predicted molar refractivity (Wildman–Crippen MR) is 108 cm³/mol. The number of rotatable bonds is 8. The molecule has 0 aliphatic heterocycles. The van der Waals surface area contributed by atoms with Crippen LogP contribution in [0.3, 0.4) is 0 Å². The highest BCUT2D eigenvalue weighted by Crippen LogP contribution is 2.29. The van der Waals surface area contributed by atoms with E-state index in [1.807, 2.05) is 13.8 Å². The lowest BCUT2D eigenvalue weighted by Crippen LogP contribution is -2.33. The molecule has 2 aromatic carbocycles. The largest absolute Gasteiger partial charge is 0.416 e. The predicted octanol–water partition coefficient (Wildman–Crippen LogP) is 4.73. The molecule has 2 rings (SSSR count). The van der Waals surface area contributed by atoms with Crippen LogP contribution in [0.4, 0.5) is 13.2 Å². The maximum absolute atomic E-state index is 12.9. The van der Waals surface area contributed by atoms with E-state index in [4.69, 9.17) is 4.18 Å². The van der Waals surface area contributed by atoms with Crippen molar-refractivity contribution in [3.05, 3.63) is 65.2 Å². The second kappa shape index (κ2) is 9.51. The monoisotopic (exact) mass is 443 g/mol. The summed E-state index contributed by atoms with van der Waals surface area (Å²) in [5.41, 5.74) is -0.0410. The number of benzene rings is 2. The van der Waals surface area contributed by atoms with Crippen molar-refractivity contribution >= 4 is 16.0 Å². The van der Waals surface area contributed by atoms with Crippen molar-refractivity contribution < 1.29 is 30.6 Å². The third-order valence-corrected chi connectivity index (χ3v) is 5.33. The fourth-order valence-electron chi connectivity index (χ4n) is 2.77. The van der Waals surface area contributed by atoms with Crippen molar-refractivity contribution in [3.63, 3.8) is 0 Å². The number of halogens is 3. The van der Waals surface area contributed by atoms with Crippen LogP contribution in [0.2, 0.25) is 0 Å². The summed E-state index contributed by atoms with van der Waals surface area (Å²) in [7, 11) is -3.68. The molecule has 0 aliphatic rings. The molecule has 30 heavy (non-hydrogen) atoms. The quantitative estimate of drug-likeness (QED) is 0.553. The van der Waals surface area contributed by atoms with Gasteiger partial charge in [0.25, 0.3) is 5.91 Å². The highest BCUT2D eigenvalue weighted by molar-refractivity contribution is 7.87. The van der Waals surface area contributed by atoms with Gasteiger partial charge in [0.1, 0.15) is 5.75 Å². The zero-order valence-electron chi connectivity index (χ0n) is 16.9. The molecule has 0 atom stereocenters.